The molecule has 2 aromatic carbocycles. The number of piperidine rings is 1. The van der Waals surface area contributed by atoms with Crippen molar-refractivity contribution in [2.24, 2.45) is 11.8 Å². The van der Waals surface area contributed by atoms with Crippen LogP contribution >= 0.6 is 23.8 Å². The van der Waals surface area contributed by atoms with Gasteiger partial charge in [-0.2, -0.15) is 0 Å². The van der Waals surface area contributed by atoms with E-state index in [-0.39, 0.29) is 12.1 Å². The third-order valence-electron chi connectivity index (χ3n) is 7.95. The predicted molar refractivity (Wildman–Crippen MR) is 167 cm³/mol. The molecule has 0 bridgehead atoms. The van der Waals surface area contributed by atoms with E-state index in [0.717, 1.165) is 52.3 Å². The summed E-state index contributed by atoms with van der Waals surface area (Å²) < 4.78 is 7.90. The number of halogens is 1. The summed E-state index contributed by atoms with van der Waals surface area (Å²) >= 11 is 13.0. The van der Waals surface area contributed by atoms with E-state index in [0.29, 0.717) is 16.9 Å². The quantitative estimate of drug-likeness (QED) is 0.247. The number of pyridine rings is 1. The van der Waals surface area contributed by atoms with Gasteiger partial charge in [0, 0.05) is 36.9 Å². The van der Waals surface area contributed by atoms with E-state index in [9.17, 15) is 0 Å². The molecule has 0 aliphatic carbocycles. The van der Waals surface area contributed by atoms with Crippen LogP contribution in [-0.2, 0) is 0 Å². The molecule has 0 unspecified atom stereocenters. The van der Waals surface area contributed by atoms with Crippen LogP contribution < -0.4 is 19.9 Å². The zero-order chi connectivity index (χ0) is 27.8. The Kier molecular flexibility index (Phi) is 7.43. The molecule has 2 saturated heterocycles. The van der Waals surface area contributed by atoms with Crippen molar-refractivity contribution in [3.63, 3.8) is 0 Å². The second-order valence-electron chi connectivity index (χ2n) is 11.0. The van der Waals surface area contributed by atoms with Crippen molar-refractivity contribution in [3.8, 4) is 11.4 Å². The number of thiocarbonyl (C=S) groups is 1. The van der Waals surface area contributed by atoms with Gasteiger partial charge in [0.1, 0.15) is 11.8 Å². The molecule has 206 valence electrons. The highest BCUT2D eigenvalue weighted by Crippen LogP contribution is 2.44. The zero-order valence-corrected chi connectivity index (χ0v) is 24.6. The third kappa shape index (κ3) is 4.93. The average molecular weight is 572 g/mol. The first kappa shape index (κ1) is 26.7. The summed E-state index contributed by atoms with van der Waals surface area (Å²) in [5.74, 6) is 2.08. The molecule has 8 heteroatoms. The van der Waals surface area contributed by atoms with Crippen molar-refractivity contribution < 1.29 is 4.74 Å². The summed E-state index contributed by atoms with van der Waals surface area (Å²) in [5, 5.41) is 4.94. The van der Waals surface area contributed by atoms with Gasteiger partial charge in [0.2, 0.25) is 0 Å². The van der Waals surface area contributed by atoms with Crippen molar-refractivity contribution in [1.29, 1.82) is 0 Å². The Balaban J connectivity index is 1.44. The Bertz CT molecular complexity index is 1500. The Morgan fingerprint density at radius 2 is 1.73 bits per heavy atom. The SMILES string of the molecule is COc1ccccc1-n1cccc1[C@@H]1[C@H](c2ccccn2)NC(=S)N1c1ccc(N2C[C@H](C)C[C@@H](C)C2)c(Cl)c1. The highest BCUT2D eigenvalue weighted by atomic mass is 35.5. The van der Waals surface area contributed by atoms with Crippen LogP contribution in [0.15, 0.2) is 85.2 Å². The van der Waals surface area contributed by atoms with E-state index in [1.807, 2.05) is 42.6 Å². The molecule has 0 radical (unpaired) electrons. The average Bonchev–Trinajstić information content (AvgIpc) is 3.57. The molecule has 4 atom stereocenters. The molecule has 6 rings (SSSR count). The molecule has 2 aliphatic rings. The van der Waals surface area contributed by atoms with E-state index < -0.39 is 0 Å². The van der Waals surface area contributed by atoms with Gasteiger partial charge in [-0.3, -0.25) is 4.98 Å². The summed E-state index contributed by atoms with van der Waals surface area (Å²) in [6, 6.07) is 24.2. The van der Waals surface area contributed by atoms with Gasteiger partial charge in [-0.25, -0.2) is 0 Å². The first-order valence-electron chi connectivity index (χ1n) is 13.8. The maximum Gasteiger partial charge on any atom is 0.174 e. The fraction of sp³-hybridized carbons (Fsp3) is 0.312. The Morgan fingerprint density at radius 3 is 2.45 bits per heavy atom. The molecule has 4 aromatic rings. The zero-order valence-electron chi connectivity index (χ0n) is 23.0. The predicted octanol–water partition coefficient (Wildman–Crippen LogP) is 7.19. The van der Waals surface area contributed by atoms with Crippen LogP contribution in [0.5, 0.6) is 5.75 Å². The molecule has 40 heavy (non-hydrogen) atoms. The van der Waals surface area contributed by atoms with E-state index in [1.54, 1.807) is 7.11 Å². The fourth-order valence-electron chi connectivity index (χ4n) is 6.38. The van der Waals surface area contributed by atoms with Crippen LogP contribution in [0.1, 0.15) is 43.7 Å². The highest BCUT2D eigenvalue weighted by molar-refractivity contribution is 7.80. The molecule has 4 heterocycles. The Hall–Kier alpha value is -3.55. The largest absolute Gasteiger partial charge is 0.495 e. The molecular weight excluding hydrogens is 538 g/mol. The molecule has 2 aliphatic heterocycles. The Labute approximate surface area is 246 Å². The number of aromatic nitrogens is 2. The van der Waals surface area contributed by atoms with Crippen LogP contribution in [0.4, 0.5) is 11.4 Å². The minimum Gasteiger partial charge on any atom is -0.495 e. The summed E-state index contributed by atoms with van der Waals surface area (Å²) in [6.07, 6.45) is 5.14. The number of methoxy groups -OCH3 is 1. The molecule has 0 spiro atoms. The lowest BCUT2D eigenvalue weighted by Crippen LogP contribution is -2.38. The number of rotatable bonds is 6. The van der Waals surface area contributed by atoms with Crippen molar-refractivity contribution in [2.45, 2.75) is 32.4 Å². The van der Waals surface area contributed by atoms with Crippen molar-refractivity contribution in [2.75, 3.05) is 30.0 Å². The number of nitrogens with one attached hydrogen (secondary N) is 1. The van der Waals surface area contributed by atoms with Crippen molar-refractivity contribution >= 4 is 40.3 Å². The van der Waals surface area contributed by atoms with E-state index in [4.69, 9.17) is 33.5 Å². The first-order chi connectivity index (χ1) is 19.4. The highest BCUT2D eigenvalue weighted by Gasteiger charge is 2.42. The smallest absolute Gasteiger partial charge is 0.174 e. The maximum atomic E-state index is 7.01. The molecule has 2 aromatic heterocycles. The van der Waals surface area contributed by atoms with Crippen LogP contribution in [0.25, 0.3) is 5.69 Å². The maximum absolute atomic E-state index is 7.01. The second kappa shape index (κ2) is 11.1. The number of anilines is 2. The first-order valence-corrected chi connectivity index (χ1v) is 14.6. The van der Waals surface area contributed by atoms with Gasteiger partial charge >= 0.3 is 0 Å². The van der Waals surface area contributed by atoms with Crippen molar-refractivity contribution in [3.05, 3.63) is 102 Å². The summed E-state index contributed by atoms with van der Waals surface area (Å²) in [5.41, 5.74) is 4.97. The van der Waals surface area contributed by atoms with Gasteiger partial charge < -0.3 is 24.4 Å². The second-order valence-corrected chi connectivity index (χ2v) is 11.8. The molecule has 6 nitrogen and oxygen atoms in total. The lowest BCUT2D eigenvalue weighted by Gasteiger charge is -2.37. The summed E-state index contributed by atoms with van der Waals surface area (Å²) in [7, 11) is 1.70. The van der Waals surface area contributed by atoms with Gasteiger partial charge in [0.05, 0.1) is 35.2 Å². The van der Waals surface area contributed by atoms with Crippen LogP contribution in [-0.4, -0.2) is 34.9 Å². The Morgan fingerprint density at radius 1 is 0.950 bits per heavy atom. The lowest BCUT2D eigenvalue weighted by molar-refractivity contribution is 0.357. The van der Waals surface area contributed by atoms with E-state index in [1.165, 1.54) is 6.42 Å². The molecule has 0 saturated carbocycles. The molecule has 1 N–H and O–H groups in total. The van der Waals surface area contributed by atoms with Crippen LogP contribution in [0.3, 0.4) is 0 Å². The summed E-state index contributed by atoms with van der Waals surface area (Å²) in [4.78, 5) is 9.31. The minimum atomic E-state index is -0.181. The van der Waals surface area contributed by atoms with Crippen LogP contribution in [0.2, 0.25) is 5.02 Å². The molecule has 0 amide bonds. The molecule has 2 fully saturated rings. The normalized spacial score (nSPS) is 22.9. The van der Waals surface area contributed by atoms with Gasteiger partial charge in [0.25, 0.3) is 0 Å². The number of nitrogens with zero attached hydrogens (tertiary/aromatic N) is 4. The van der Waals surface area contributed by atoms with Gasteiger partial charge in [-0.15, -0.1) is 0 Å². The lowest BCUT2D eigenvalue weighted by atomic mass is 9.91. The standard InChI is InChI=1S/C32H34ClN5OS/c1-21-17-22(2)20-36(19-21)26-14-13-23(18-24(26)33)38-31(30(35-32(38)40)25-9-6-7-15-34-25)28-11-8-16-37(28)27-10-4-5-12-29(27)39-3/h4-16,18,21-22,30-31H,17,19-20H2,1-3H3,(H,35,40)/t21-,22-,30+,31-/m1/s1. The molecular formula is C32H34ClN5OS. The monoisotopic (exact) mass is 571 g/mol. The number of hydrogen-bond donors (Lipinski definition) is 1. The van der Waals surface area contributed by atoms with Gasteiger partial charge in [-0.1, -0.05) is 43.6 Å². The fourth-order valence-corrected chi connectivity index (χ4v) is 7.02. The topological polar surface area (TPSA) is 45.6 Å². The van der Waals surface area contributed by atoms with E-state index >= 15 is 0 Å². The summed E-state index contributed by atoms with van der Waals surface area (Å²) in [6.45, 7) is 6.67. The number of hydrogen-bond acceptors (Lipinski definition) is 4. The van der Waals surface area contributed by atoms with Crippen molar-refractivity contribution in [1.82, 2.24) is 14.9 Å². The third-order valence-corrected chi connectivity index (χ3v) is 8.56. The van der Waals surface area contributed by atoms with E-state index in [2.05, 4.69) is 76.1 Å². The minimum absolute atomic E-state index is 0.167. The number of ether oxygens (including phenoxy) is 1. The number of para-hydroxylation sites is 2. The van der Waals surface area contributed by atoms with Gasteiger partial charge in [0.15, 0.2) is 5.11 Å². The van der Waals surface area contributed by atoms with Crippen LogP contribution in [0, 0.1) is 11.8 Å². The van der Waals surface area contributed by atoms with Gasteiger partial charge in [-0.05, 0) is 85.1 Å². The number of benzene rings is 2.